The van der Waals surface area contributed by atoms with Crippen LogP contribution in [0, 0.1) is 0 Å². The van der Waals surface area contributed by atoms with Crippen LogP contribution in [0.4, 0.5) is 0 Å². The average Bonchev–Trinajstić information content (AvgIpc) is 2.69. The minimum absolute atomic E-state index is 0.152. The fraction of sp³-hybridized carbons (Fsp3) is 0.741. The van der Waals surface area contributed by atoms with Gasteiger partial charge >= 0.3 is 5.97 Å². The molecule has 0 bridgehead atoms. The van der Waals surface area contributed by atoms with Crippen LogP contribution >= 0.6 is 11.6 Å². The van der Waals surface area contributed by atoms with Crippen LogP contribution in [0.3, 0.4) is 0 Å². The summed E-state index contributed by atoms with van der Waals surface area (Å²) >= 11 is 6.43. The molecule has 2 rings (SSSR count). The van der Waals surface area contributed by atoms with E-state index in [0.717, 1.165) is 0 Å². The van der Waals surface area contributed by atoms with Crippen molar-refractivity contribution in [2.75, 3.05) is 0 Å². The molecule has 0 radical (unpaired) electrons. The molecule has 5 atom stereocenters. The van der Waals surface area contributed by atoms with Crippen molar-refractivity contribution in [3.05, 3.63) is 34.3 Å². The number of carbonyl (C=O) groups is 1. The monoisotopic (exact) mass is 604 g/mol. The van der Waals surface area contributed by atoms with Gasteiger partial charge in [-0.2, -0.15) is 0 Å². The first-order chi connectivity index (χ1) is 17.0. The molecular weight excluding hydrogens is 556 g/mol. The third-order valence-electron chi connectivity index (χ3n) is 5.57. The van der Waals surface area contributed by atoms with Gasteiger partial charge in [-0.05, 0) is 98.2 Å². The minimum Gasteiger partial charge on any atom is -0.456 e. The highest BCUT2D eigenvalue weighted by atomic mass is 35.5. The molecule has 218 valence electrons. The molecule has 1 N–H and O–H groups in total. The number of benzene rings is 1. The van der Waals surface area contributed by atoms with Gasteiger partial charge in [0.2, 0.25) is 5.79 Å². The summed E-state index contributed by atoms with van der Waals surface area (Å²) in [6.45, 7) is 26.3. The second kappa shape index (κ2) is 11.7. The first-order valence-electron chi connectivity index (χ1n) is 13.4. The van der Waals surface area contributed by atoms with Crippen LogP contribution in [0.5, 0.6) is 0 Å². The van der Waals surface area contributed by atoms with Crippen LogP contribution in [-0.2, 0) is 28.5 Å². The van der Waals surface area contributed by atoms with Crippen LogP contribution in [0.1, 0.15) is 50.0 Å². The van der Waals surface area contributed by atoms with Crippen LogP contribution in [0.15, 0.2) is 18.2 Å². The van der Waals surface area contributed by atoms with Crippen molar-refractivity contribution in [3.8, 4) is 0 Å². The van der Waals surface area contributed by atoms with Gasteiger partial charge in [0.25, 0.3) is 0 Å². The third-order valence-corrected chi connectivity index (χ3v) is 8.82. The molecule has 0 saturated carbocycles. The maximum atomic E-state index is 13.0. The highest BCUT2D eigenvalue weighted by Crippen LogP contribution is 2.44. The smallest absolute Gasteiger partial charge is 0.340 e. The number of halogens is 1. The van der Waals surface area contributed by atoms with Crippen molar-refractivity contribution >= 4 is 42.5 Å². The lowest BCUT2D eigenvalue weighted by Gasteiger charge is -2.54. The van der Waals surface area contributed by atoms with Crippen LogP contribution in [0.25, 0.3) is 0 Å². The summed E-state index contributed by atoms with van der Waals surface area (Å²) in [5.41, 5.74) is -0.192. The van der Waals surface area contributed by atoms with Gasteiger partial charge in [0, 0.05) is 5.56 Å². The first-order valence-corrected chi connectivity index (χ1v) is 24.0. The van der Waals surface area contributed by atoms with Crippen molar-refractivity contribution in [1.82, 2.24) is 0 Å². The minimum atomic E-state index is -2.25. The highest BCUT2D eigenvalue weighted by molar-refractivity contribution is 6.70. The number of carbonyl (C=O) groups excluding carboxylic acids is 1. The van der Waals surface area contributed by atoms with Gasteiger partial charge in [0.05, 0.1) is 22.8 Å². The molecule has 1 fully saturated rings. The molecule has 1 unspecified atom stereocenters. The van der Waals surface area contributed by atoms with Crippen LogP contribution in [-0.4, -0.2) is 66.0 Å². The lowest BCUT2D eigenvalue weighted by molar-refractivity contribution is -0.346. The second-order valence-corrected chi connectivity index (χ2v) is 27.8. The third kappa shape index (κ3) is 9.24. The molecule has 1 heterocycles. The molecule has 0 aliphatic carbocycles. The van der Waals surface area contributed by atoms with E-state index in [2.05, 4.69) is 58.9 Å². The van der Waals surface area contributed by atoms with E-state index in [1.54, 1.807) is 39.0 Å². The fourth-order valence-corrected chi connectivity index (χ4v) is 7.80. The Morgan fingerprint density at radius 1 is 0.947 bits per heavy atom. The van der Waals surface area contributed by atoms with E-state index < -0.39 is 66.7 Å². The Balaban J connectivity index is 2.76. The number of aliphatic hydroxyl groups is 1. The van der Waals surface area contributed by atoms with Gasteiger partial charge in [0.1, 0.15) is 17.8 Å². The standard InChI is InChI=1S/C27H49ClO7Si3/c1-14-21-22(33-36(5,6)7)23(34-37(8,9)10)24(35-38(11,12)13)27(30,31-21)18-15-16-20(28)19(17-18)25(29)32-26(2,3)4/h15-17,21-24,30H,14H2,1-13H3/t21-,22-,23+,24-,27?/m1/s1. The van der Waals surface area contributed by atoms with Gasteiger partial charge in [-0.25, -0.2) is 4.79 Å². The summed E-state index contributed by atoms with van der Waals surface area (Å²) in [4.78, 5) is 13.0. The van der Waals surface area contributed by atoms with Gasteiger partial charge in [-0.3, -0.25) is 0 Å². The van der Waals surface area contributed by atoms with E-state index in [9.17, 15) is 9.90 Å². The normalized spacial score (nSPS) is 27.3. The van der Waals surface area contributed by atoms with Crippen molar-refractivity contribution < 1.29 is 32.7 Å². The Bertz CT molecular complexity index is 979. The number of hydrogen-bond donors (Lipinski definition) is 1. The Morgan fingerprint density at radius 2 is 1.45 bits per heavy atom. The zero-order valence-corrected chi connectivity index (χ0v) is 29.3. The molecule has 1 saturated heterocycles. The number of esters is 1. The fourth-order valence-electron chi connectivity index (χ4n) is 4.37. The van der Waals surface area contributed by atoms with Gasteiger partial charge in [0.15, 0.2) is 25.0 Å². The number of hydrogen-bond acceptors (Lipinski definition) is 7. The zero-order chi connectivity index (χ0) is 29.5. The van der Waals surface area contributed by atoms with Crippen molar-refractivity contribution in [2.45, 2.75) is 129 Å². The lowest BCUT2D eigenvalue weighted by atomic mass is 9.87. The Kier molecular flexibility index (Phi) is 10.4. The summed E-state index contributed by atoms with van der Waals surface area (Å²) in [6.07, 6.45) is -1.76. The van der Waals surface area contributed by atoms with Crippen LogP contribution < -0.4 is 0 Å². The molecule has 1 aromatic carbocycles. The number of ether oxygens (including phenoxy) is 2. The van der Waals surface area contributed by atoms with E-state index in [4.69, 9.17) is 34.4 Å². The SMILES string of the molecule is CC[C@H]1OC(O)(c2ccc(Cl)c(C(=O)OC(C)(C)C)c2)[C@H](O[Si](C)(C)C)[C@@H](O[Si](C)(C)C)[C@@H]1O[Si](C)(C)C. The van der Waals surface area contributed by atoms with E-state index in [1.807, 2.05) is 6.92 Å². The second-order valence-electron chi connectivity index (χ2n) is 14.0. The Morgan fingerprint density at radius 3 is 1.89 bits per heavy atom. The van der Waals surface area contributed by atoms with Crippen molar-refractivity contribution in [3.63, 3.8) is 0 Å². The first kappa shape index (κ1) is 33.6. The molecule has 0 amide bonds. The van der Waals surface area contributed by atoms with Crippen molar-refractivity contribution in [2.24, 2.45) is 0 Å². The van der Waals surface area contributed by atoms with E-state index in [-0.39, 0.29) is 10.6 Å². The molecule has 1 aliphatic heterocycles. The summed E-state index contributed by atoms with van der Waals surface area (Å²) < 4.78 is 32.3. The van der Waals surface area contributed by atoms with Crippen LogP contribution in [0.2, 0.25) is 63.9 Å². The summed E-state index contributed by atoms with van der Waals surface area (Å²) in [6, 6.07) is 4.81. The molecule has 38 heavy (non-hydrogen) atoms. The average molecular weight is 605 g/mol. The summed E-state index contributed by atoms with van der Waals surface area (Å²) in [5, 5.41) is 12.7. The predicted octanol–water partition coefficient (Wildman–Crippen LogP) is 6.91. The molecule has 1 aromatic rings. The van der Waals surface area contributed by atoms with Gasteiger partial charge in [-0.1, -0.05) is 24.6 Å². The highest BCUT2D eigenvalue weighted by Gasteiger charge is 2.58. The molecule has 0 spiro atoms. The van der Waals surface area contributed by atoms with E-state index >= 15 is 0 Å². The maximum absolute atomic E-state index is 13.0. The van der Waals surface area contributed by atoms with E-state index in [1.165, 1.54) is 0 Å². The Labute approximate surface area is 237 Å². The van der Waals surface area contributed by atoms with Crippen molar-refractivity contribution in [1.29, 1.82) is 0 Å². The molecular formula is C27H49ClO7Si3. The zero-order valence-electron chi connectivity index (χ0n) is 25.5. The topological polar surface area (TPSA) is 83.5 Å². The summed E-state index contributed by atoms with van der Waals surface area (Å²) in [7, 11) is -6.43. The number of rotatable bonds is 9. The molecule has 0 aromatic heterocycles. The Hall–Kier alpha value is -0.569. The summed E-state index contributed by atoms with van der Waals surface area (Å²) in [5.74, 6) is -2.49. The predicted molar refractivity (Wildman–Crippen MR) is 160 cm³/mol. The molecule has 11 heteroatoms. The van der Waals surface area contributed by atoms with Gasteiger partial charge in [-0.15, -0.1) is 0 Å². The maximum Gasteiger partial charge on any atom is 0.340 e. The molecule has 7 nitrogen and oxygen atoms in total. The van der Waals surface area contributed by atoms with E-state index in [0.29, 0.717) is 12.0 Å². The quantitative estimate of drug-likeness (QED) is 0.242. The largest absolute Gasteiger partial charge is 0.456 e. The van der Waals surface area contributed by atoms with Gasteiger partial charge < -0.3 is 27.9 Å². The lowest BCUT2D eigenvalue weighted by Crippen LogP contribution is -2.68. The molecule has 1 aliphatic rings.